The molecule has 0 radical (unpaired) electrons. The molecule has 4 rings (SSSR count). The topological polar surface area (TPSA) is 56.3 Å². The molecule has 1 saturated heterocycles. The van der Waals surface area contributed by atoms with Gasteiger partial charge >= 0.3 is 0 Å². The Bertz CT molecular complexity index is 894. The number of aliphatic hydroxyl groups is 1. The number of benzene rings is 2. The Balaban J connectivity index is 1.42. The zero-order valence-corrected chi connectivity index (χ0v) is 14.3. The number of carbonyl (C=O) groups excluding carboxylic acids is 1. The molecule has 2 aromatic carbocycles. The third-order valence-electron chi connectivity index (χ3n) is 5.20. The highest BCUT2D eigenvalue weighted by molar-refractivity contribution is 5.85. The maximum absolute atomic E-state index is 12.6. The molecule has 25 heavy (non-hydrogen) atoms. The summed E-state index contributed by atoms with van der Waals surface area (Å²) in [4.78, 5) is 17.6. The van der Waals surface area contributed by atoms with Crippen molar-refractivity contribution in [2.24, 2.45) is 0 Å². The van der Waals surface area contributed by atoms with Gasteiger partial charge in [-0.15, -0.1) is 0 Å². The molecule has 1 aromatic heterocycles. The van der Waals surface area contributed by atoms with Gasteiger partial charge in [0.2, 0.25) is 5.91 Å². The van der Waals surface area contributed by atoms with Crippen molar-refractivity contribution in [2.75, 3.05) is 13.1 Å². The Morgan fingerprint density at radius 3 is 2.60 bits per heavy atom. The van der Waals surface area contributed by atoms with E-state index in [1.165, 1.54) is 10.9 Å². The highest BCUT2D eigenvalue weighted by atomic mass is 16.3. The lowest BCUT2D eigenvalue weighted by Gasteiger charge is -2.47. The minimum absolute atomic E-state index is 0.0957. The van der Waals surface area contributed by atoms with Crippen LogP contribution in [-0.2, 0) is 10.4 Å². The number of para-hydroxylation sites is 1. The number of aromatic amines is 1. The predicted octanol–water partition coefficient (Wildman–Crippen LogP) is 3.39. The zero-order valence-electron chi connectivity index (χ0n) is 14.3. The van der Waals surface area contributed by atoms with Gasteiger partial charge in [0.05, 0.1) is 13.1 Å². The molecule has 2 heterocycles. The molecule has 1 aliphatic heterocycles. The van der Waals surface area contributed by atoms with Crippen molar-refractivity contribution >= 4 is 16.8 Å². The highest BCUT2D eigenvalue weighted by Crippen LogP contribution is 2.34. The molecule has 0 aliphatic carbocycles. The normalized spacial score (nSPS) is 17.3. The number of aromatic nitrogens is 1. The fourth-order valence-corrected chi connectivity index (χ4v) is 3.70. The Kier molecular flexibility index (Phi) is 3.85. The lowest BCUT2D eigenvalue weighted by molar-refractivity contribution is -0.157. The van der Waals surface area contributed by atoms with Crippen LogP contribution in [0, 0.1) is 0 Å². The van der Waals surface area contributed by atoms with Gasteiger partial charge in [-0.1, -0.05) is 55.5 Å². The van der Waals surface area contributed by atoms with Gasteiger partial charge in [-0.05, 0) is 23.1 Å². The fraction of sp³-hybridized carbons (Fsp3) is 0.286. The van der Waals surface area contributed by atoms with Gasteiger partial charge in [0.1, 0.15) is 5.60 Å². The summed E-state index contributed by atoms with van der Waals surface area (Å²) in [6.07, 6.45) is 2.45. The molecular weight excluding hydrogens is 312 g/mol. The van der Waals surface area contributed by atoms with Crippen LogP contribution in [0.2, 0.25) is 0 Å². The van der Waals surface area contributed by atoms with Crippen LogP contribution in [0.1, 0.15) is 30.4 Å². The molecule has 128 valence electrons. The molecule has 4 nitrogen and oxygen atoms in total. The molecule has 0 spiro atoms. The summed E-state index contributed by atoms with van der Waals surface area (Å²) in [5.41, 5.74) is 2.24. The predicted molar refractivity (Wildman–Crippen MR) is 98.2 cm³/mol. The number of carbonyl (C=O) groups is 1. The van der Waals surface area contributed by atoms with Gasteiger partial charge in [-0.2, -0.15) is 0 Å². The summed E-state index contributed by atoms with van der Waals surface area (Å²) in [5, 5.41) is 11.8. The number of nitrogens with zero attached hydrogens (tertiary/aromatic N) is 1. The van der Waals surface area contributed by atoms with Crippen molar-refractivity contribution in [3.05, 3.63) is 71.9 Å². The number of nitrogens with one attached hydrogen (secondary N) is 1. The highest BCUT2D eigenvalue weighted by Gasteiger charge is 2.44. The number of likely N-dealkylation sites (tertiary alicyclic amines) is 1. The number of rotatable bonds is 4. The van der Waals surface area contributed by atoms with Crippen molar-refractivity contribution in [1.29, 1.82) is 0 Å². The second kappa shape index (κ2) is 6.05. The van der Waals surface area contributed by atoms with Crippen LogP contribution >= 0.6 is 0 Å². The summed E-state index contributed by atoms with van der Waals surface area (Å²) in [5.74, 6) is 0.229. The standard InChI is InChI=1S/C21H22N2O2/c1-15(18-12-22-19-10-6-5-9-17(18)19)11-20(24)23-13-21(25,14-23)16-7-3-2-4-8-16/h2-10,12,15,22,25H,11,13-14H2,1H3. The van der Waals surface area contributed by atoms with Crippen LogP contribution in [0.3, 0.4) is 0 Å². The van der Waals surface area contributed by atoms with Gasteiger partial charge in [-0.3, -0.25) is 4.79 Å². The quantitative estimate of drug-likeness (QED) is 0.768. The summed E-state index contributed by atoms with van der Waals surface area (Å²) < 4.78 is 0. The fourth-order valence-electron chi connectivity index (χ4n) is 3.70. The molecule has 4 heteroatoms. The van der Waals surface area contributed by atoms with Gasteiger partial charge in [0.15, 0.2) is 0 Å². The first-order valence-corrected chi connectivity index (χ1v) is 8.68. The first-order chi connectivity index (χ1) is 12.1. The van der Waals surface area contributed by atoms with Crippen LogP contribution in [0.5, 0.6) is 0 Å². The van der Waals surface area contributed by atoms with E-state index in [-0.39, 0.29) is 11.8 Å². The van der Waals surface area contributed by atoms with Crippen LogP contribution in [0.15, 0.2) is 60.8 Å². The van der Waals surface area contributed by atoms with Crippen molar-refractivity contribution in [2.45, 2.75) is 24.9 Å². The second-order valence-electron chi connectivity index (χ2n) is 7.04. The molecule has 0 bridgehead atoms. The van der Waals surface area contributed by atoms with Gasteiger partial charge in [0.25, 0.3) is 0 Å². The van der Waals surface area contributed by atoms with E-state index in [1.54, 1.807) is 4.90 Å². The lowest BCUT2D eigenvalue weighted by atomic mass is 9.85. The third-order valence-corrected chi connectivity index (χ3v) is 5.20. The molecule has 1 aliphatic rings. The summed E-state index contributed by atoms with van der Waals surface area (Å²) >= 11 is 0. The van der Waals surface area contributed by atoms with Crippen LogP contribution in [-0.4, -0.2) is 34.0 Å². The van der Waals surface area contributed by atoms with E-state index >= 15 is 0 Å². The van der Waals surface area contributed by atoms with E-state index < -0.39 is 5.60 Å². The van der Waals surface area contributed by atoms with E-state index in [1.807, 2.05) is 54.7 Å². The number of hydrogen-bond acceptors (Lipinski definition) is 2. The van der Waals surface area contributed by atoms with Crippen LogP contribution in [0.4, 0.5) is 0 Å². The largest absolute Gasteiger partial charge is 0.381 e. The third kappa shape index (κ3) is 2.83. The molecule has 2 N–H and O–H groups in total. The number of hydrogen-bond donors (Lipinski definition) is 2. The monoisotopic (exact) mass is 334 g/mol. The first-order valence-electron chi connectivity index (χ1n) is 8.68. The molecule has 1 amide bonds. The maximum Gasteiger partial charge on any atom is 0.223 e. The first kappa shape index (κ1) is 15.9. The Morgan fingerprint density at radius 2 is 1.84 bits per heavy atom. The van der Waals surface area contributed by atoms with Crippen molar-refractivity contribution in [3.8, 4) is 0 Å². The van der Waals surface area contributed by atoms with Crippen molar-refractivity contribution < 1.29 is 9.90 Å². The zero-order chi connectivity index (χ0) is 17.4. The average molecular weight is 334 g/mol. The van der Waals surface area contributed by atoms with E-state index in [0.29, 0.717) is 19.5 Å². The summed E-state index contributed by atoms with van der Waals surface area (Å²) in [6.45, 7) is 2.82. The minimum atomic E-state index is -0.902. The van der Waals surface area contributed by atoms with Crippen molar-refractivity contribution in [3.63, 3.8) is 0 Å². The number of β-amino-alcohol motifs (C(OH)–C–C–N with tert-alkyl or cyclic N) is 1. The molecule has 1 unspecified atom stereocenters. The van der Waals surface area contributed by atoms with Crippen molar-refractivity contribution in [1.82, 2.24) is 9.88 Å². The van der Waals surface area contributed by atoms with E-state index in [0.717, 1.165) is 11.1 Å². The van der Waals surface area contributed by atoms with E-state index in [2.05, 4.69) is 18.0 Å². The Morgan fingerprint density at radius 1 is 1.16 bits per heavy atom. The molecule has 3 aromatic rings. The SMILES string of the molecule is CC(CC(=O)N1CC(O)(c2ccccc2)C1)c1c[nH]c2ccccc12. The molecular formula is C21H22N2O2. The molecule has 0 saturated carbocycles. The smallest absolute Gasteiger partial charge is 0.223 e. The number of H-pyrrole nitrogens is 1. The second-order valence-corrected chi connectivity index (χ2v) is 7.04. The number of fused-ring (bicyclic) bond motifs is 1. The van der Waals surface area contributed by atoms with Gasteiger partial charge in [-0.25, -0.2) is 0 Å². The lowest BCUT2D eigenvalue weighted by Crippen LogP contribution is -2.61. The molecule has 1 fully saturated rings. The Labute approximate surface area is 147 Å². The van der Waals surface area contributed by atoms with E-state index in [4.69, 9.17) is 0 Å². The summed E-state index contributed by atoms with van der Waals surface area (Å²) in [6, 6.07) is 17.7. The Hall–Kier alpha value is -2.59. The van der Waals surface area contributed by atoms with E-state index in [9.17, 15) is 9.90 Å². The van der Waals surface area contributed by atoms with Crippen LogP contribution < -0.4 is 0 Å². The number of amides is 1. The van der Waals surface area contributed by atoms with Crippen LogP contribution in [0.25, 0.3) is 10.9 Å². The molecule has 1 atom stereocenters. The van der Waals surface area contributed by atoms with Gasteiger partial charge < -0.3 is 15.0 Å². The average Bonchev–Trinajstić information content (AvgIpc) is 3.04. The maximum atomic E-state index is 12.6. The minimum Gasteiger partial charge on any atom is -0.381 e. The summed E-state index contributed by atoms with van der Waals surface area (Å²) in [7, 11) is 0. The van der Waals surface area contributed by atoms with Gasteiger partial charge in [0, 0.05) is 23.5 Å².